The third-order valence-corrected chi connectivity index (χ3v) is 5.24. The van der Waals surface area contributed by atoms with Gasteiger partial charge in [0.15, 0.2) is 11.6 Å². The highest BCUT2D eigenvalue weighted by Gasteiger charge is 2.40. The van der Waals surface area contributed by atoms with Crippen LogP contribution in [0.4, 0.5) is 20.2 Å². The molecular formula is C25H20F2N2O4. The van der Waals surface area contributed by atoms with Gasteiger partial charge in [-0.15, -0.1) is 0 Å². The van der Waals surface area contributed by atoms with E-state index < -0.39 is 23.4 Å². The van der Waals surface area contributed by atoms with Gasteiger partial charge in [-0.1, -0.05) is 18.2 Å². The molecule has 1 heterocycles. The Labute approximate surface area is 189 Å². The average Bonchev–Trinajstić information content (AvgIpc) is 3.05. The molecule has 4 rings (SSSR count). The molecule has 0 atom stereocenters. The van der Waals surface area contributed by atoms with Gasteiger partial charge in [-0.3, -0.25) is 9.59 Å². The Morgan fingerprint density at radius 3 is 2.18 bits per heavy atom. The minimum Gasteiger partial charge on any atom is -0.497 e. The minimum atomic E-state index is -1.17. The van der Waals surface area contributed by atoms with Crippen molar-refractivity contribution in [1.29, 1.82) is 0 Å². The normalized spacial score (nSPS) is 13.5. The van der Waals surface area contributed by atoms with E-state index in [1.54, 1.807) is 36.4 Å². The van der Waals surface area contributed by atoms with Crippen LogP contribution in [-0.2, 0) is 9.59 Å². The monoisotopic (exact) mass is 450 g/mol. The smallest absolute Gasteiger partial charge is 0.282 e. The van der Waals surface area contributed by atoms with Crippen LogP contribution in [0.3, 0.4) is 0 Å². The molecule has 0 spiro atoms. The average molecular weight is 450 g/mol. The number of hydrogen-bond acceptors (Lipinski definition) is 5. The van der Waals surface area contributed by atoms with Gasteiger partial charge in [0.1, 0.15) is 17.2 Å². The maximum Gasteiger partial charge on any atom is 0.282 e. The summed E-state index contributed by atoms with van der Waals surface area (Å²) >= 11 is 0. The van der Waals surface area contributed by atoms with E-state index in [9.17, 15) is 18.4 Å². The number of amides is 2. The van der Waals surface area contributed by atoms with Gasteiger partial charge in [0.05, 0.1) is 31.2 Å². The molecule has 0 radical (unpaired) electrons. The second-order valence-corrected chi connectivity index (χ2v) is 7.35. The number of halogens is 2. The summed E-state index contributed by atoms with van der Waals surface area (Å²) in [6, 6.07) is 14.8. The van der Waals surface area contributed by atoms with Crippen molar-refractivity contribution in [2.45, 2.75) is 6.92 Å². The molecule has 3 aromatic rings. The van der Waals surface area contributed by atoms with Gasteiger partial charge in [0.25, 0.3) is 11.8 Å². The summed E-state index contributed by atoms with van der Waals surface area (Å²) in [4.78, 5) is 27.6. The largest absolute Gasteiger partial charge is 0.497 e. The molecule has 6 nitrogen and oxygen atoms in total. The third kappa shape index (κ3) is 4.03. The molecular weight excluding hydrogens is 430 g/mol. The Morgan fingerprint density at radius 1 is 0.818 bits per heavy atom. The van der Waals surface area contributed by atoms with Crippen LogP contribution in [0.2, 0.25) is 0 Å². The molecule has 168 valence electrons. The zero-order valence-corrected chi connectivity index (χ0v) is 18.1. The first kappa shape index (κ1) is 22.0. The minimum absolute atomic E-state index is 0.0150. The van der Waals surface area contributed by atoms with Crippen molar-refractivity contribution in [1.82, 2.24) is 0 Å². The summed E-state index contributed by atoms with van der Waals surface area (Å²) in [6.45, 7) is 1.87. The molecule has 1 aliphatic rings. The summed E-state index contributed by atoms with van der Waals surface area (Å²) in [7, 11) is 3.00. The van der Waals surface area contributed by atoms with Crippen molar-refractivity contribution in [3.63, 3.8) is 0 Å². The molecule has 3 aromatic carbocycles. The van der Waals surface area contributed by atoms with Gasteiger partial charge in [-0.05, 0) is 54.4 Å². The van der Waals surface area contributed by atoms with Gasteiger partial charge in [0, 0.05) is 6.07 Å². The fourth-order valence-electron chi connectivity index (χ4n) is 3.58. The number of carbonyl (C=O) groups excluding carboxylic acids is 2. The van der Waals surface area contributed by atoms with Gasteiger partial charge in [-0.25, -0.2) is 13.7 Å². The molecule has 0 saturated carbocycles. The number of carbonyl (C=O) groups is 2. The number of nitrogens with zero attached hydrogens (tertiary/aromatic N) is 1. The number of hydrogen-bond donors (Lipinski definition) is 1. The SMILES string of the molecule is COc1ccc(C2=C(Nc3cc(C)ccc3OC)C(=O)N(c3ccc(F)c(F)c3)C2=O)cc1. The van der Waals surface area contributed by atoms with Gasteiger partial charge >= 0.3 is 0 Å². The number of methoxy groups -OCH3 is 2. The number of ether oxygens (including phenoxy) is 2. The van der Waals surface area contributed by atoms with E-state index in [1.807, 2.05) is 13.0 Å². The Morgan fingerprint density at radius 2 is 1.55 bits per heavy atom. The second-order valence-electron chi connectivity index (χ2n) is 7.35. The first-order valence-corrected chi connectivity index (χ1v) is 9.98. The van der Waals surface area contributed by atoms with Crippen LogP contribution >= 0.6 is 0 Å². The number of anilines is 2. The van der Waals surface area contributed by atoms with Crippen LogP contribution in [0, 0.1) is 18.6 Å². The van der Waals surface area contributed by atoms with Crippen molar-refractivity contribution < 1.29 is 27.8 Å². The zero-order valence-electron chi connectivity index (χ0n) is 18.1. The van der Waals surface area contributed by atoms with E-state index >= 15 is 0 Å². The van der Waals surface area contributed by atoms with E-state index in [4.69, 9.17) is 9.47 Å². The molecule has 33 heavy (non-hydrogen) atoms. The van der Waals surface area contributed by atoms with E-state index in [2.05, 4.69) is 5.32 Å². The Balaban J connectivity index is 1.85. The maximum atomic E-state index is 13.9. The lowest BCUT2D eigenvalue weighted by Gasteiger charge is -2.16. The topological polar surface area (TPSA) is 67.9 Å². The van der Waals surface area contributed by atoms with Gasteiger partial charge in [-0.2, -0.15) is 0 Å². The summed E-state index contributed by atoms with van der Waals surface area (Å²) in [5.74, 6) is -2.59. The first-order valence-electron chi connectivity index (χ1n) is 9.98. The fraction of sp³-hybridized carbons (Fsp3) is 0.120. The summed E-state index contributed by atoms with van der Waals surface area (Å²) in [6.07, 6.45) is 0. The van der Waals surface area contributed by atoms with E-state index in [0.29, 0.717) is 22.7 Å². The highest BCUT2D eigenvalue weighted by Crippen LogP contribution is 2.36. The number of nitrogens with one attached hydrogen (secondary N) is 1. The molecule has 0 aliphatic carbocycles. The van der Waals surface area contributed by atoms with Crippen molar-refractivity contribution in [3.8, 4) is 11.5 Å². The first-order chi connectivity index (χ1) is 15.8. The number of rotatable bonds is 6. The number of imide groups is 1. The fourth-order valence-corrected chi connectivity index (χ4v) is 3.58. The van der Waals surface area contributed by atoms with Crippen LogP contribution in [0.1, 0.15) is 11.1 Å². The van der Waals surface area contributed by atoms with E-state index in [0.717, 1.165) is 22.6 Å². The molecule has 2 amide bonds. The van der Waals surface area contributed by atoms with E-state index in [-0.39, 0.29) is 17.0 Å². The zero-order chi connectivity index (χ0) is 23.7. The molecule has 0 fully saturated rings. The second kappa shape index (κ2) is 8.74. The van der Waals surface area contributed by atoms with Crippen LogP contribution in [0.15, 0.2) is 66.4 Å². The lowest BCUT2D eigenvalue weighted by Crippen LogP contribution is -2.32. The predicted molar refractivity (Wildman–Crippen MR) is 120 cm³/mol. The van der Waals surface area contributed by atoms with Gasteiger partial charge < -0.3 is 14.8 Å². The molecule has 0 saturated heterocycles. The van der Waals surface area contributed by atoms with Gasteiger partial charge in [0.2, 0.25) is 0 Å². The van der Waals surface area contributed by atoms with Crippen molar-refractivity contribution in [2.24, 2.45) is 0 Å². The number of aryl methyl sites for hydroxylation is 1. The van der Waals surface area contributed by atoms with Crippen molar-refractivity contribution in [3.05, 3.63) is 89.1 Å². The van der Waals surface area contributed by atoms with Crippen molar-refractivity contribution in [2.75, 3.05) is 24.4 Å². The van der Waals surface area contributed by atoms with Crippen LogP contribution in [0.25, 0.3) is 5.57 Å². The van der Waals surface area contributed by atoms with Crippen LogP contribution < -0.4 is 19.7 Å². The van der Waals surface area contributed by atoms with Crippen molar-refractivity contribution >= 4 is 28.8 Å². The summed E-state index contributed by atoms with van der Waals surface area (Å²) < 4.78 is 37.9. The van der Waals surface area contributed by atoms with E-state index in [1.165, 1.54) is 20.3 Å². The third-order valence-electron chi connectivity index (χ3n) is 5.24. The molecule has 1 N–H and O–H groups in total. The Hall–Kier alpha value is -4.20. The summed E-state index contributed by atoms with van der Waals surface area (Å²) in [5, 5.41) is 3.03. The van der Waals surface area contributed by atoms with Crippen LogP contribution in [0.5, 0.6) is 11.5 Å². The maximum absolute atomic E-state index is 13.9. The highest BCUT2D eigenvalue weighted by atomic mass is 19.2. The summed E-state index contributed by atoms with van der Waals surface area (Å²) in [5.41, 5.74) is 1.82. The quantitative estimate of drug-likeness (QED) is 0.552. The highest BCUT2D eigenvalue weighted by molar-refractivity contribution is 6.46. The molecule has 8 heteroatoms. The predicted octanol–water partition coefficient (Wildman–Crippen LogP) is 4.69. The number of benzene rings is 3. The molecule has 0 bridgehead atoms. The standard InChI is InChI=1S/C25H20F2N2O4/c1-14-4-11-21(33-3)20(12-14)28-23-22(15-5-8-17(32-2)9-6-15)24(30)29(25(23)31)16-7-10-18(26)19(27)13-16/h4-13,28H,1-3H3. The molecule has 1 aliphatic heterocycles. The van der Waals surface area contributed by atoms with Crippen LogP contribution in [-0.4, -0.2) is 26.0 Å². The Bertz CT molecular complexity index is 1290. The lowest BCUT2D eigenvalue weighted by molar-refractivity contribution is -0.120. The molecule has 0 aromatic heterocycles. The lowest BCUT2D eigenvalue weighted by atomic mass is 10.0. The molecule has 0 unspecified atom stereocenters. The Kier molecular flexibility index (Phi) is 5.83.